The molecule has 9 heteroatoms. The van der Waals surface area contributed by atoms with Crippen LogP contribution in [0.3, 0.4) is 0 Å². The number of para-hydroxylation sites is 1. The number of hydrogen-bond acceptors (Lipinski definition) is 4. The molecule has 0 aliphatic rings. The summed E-state index contributed by atoms with van der Waals surface area (Å²) in [6, 6.07) is 8.71. The SMILES string of the molecule is CCCCNS(=O)(=O)c1ccc(OCC(=O)Nc2c(F)cccc2F)cc1. The molecule has 0 atom stereocenters. The van der Waals surface area contributed by atoms with Gasteiger partial charge in [0.15, 0.2) is 6.61 Å². The van der Waals surface area contributed by atoms with Crippen molar-refractivity contribution < 1.29 is 26.7 Å². The van der Waals surface area contributed by atoms with E-state index >= 15 is 0 Å². The minimum absolute atomic E-state index is 0.0730. The molecule has 0 bridgehead atoms. The van der Waals surface area contributed by atoms with E-state index in [-0.39, 0.29) is 10.6 Å². The zero-order valence-electron chi connectivity index (χ0n) is 14.7. The highest BCUT2D eigenvalue weighted by atomic mass is 32.2. The lowest BCUT2D eigenvalue weighted by Gasteiger charge is -2.10. The van der Waals surface area contributed by atoms with Crippen molar-refractivity contribution in [2.45, 2.75) is 24.7 Å². The second kappa shape index (κ2) is 9.43. The monoisotopic (exact) mass is 398 g/mol. The third-order valence-corrected chi connectivity index (χ3v) is 5.03. The second-order valence-corrected chi connectivity index (χ2v) is 7.42. The van der Waals surface area contributed by atoms with Crippen LogP contribution in [0.2, 0.25) is 0 Å². The van der Waals surface area contributed by atoms with Crippen molar-refractivity contribution >= 4 is 21.6 Å². The molecule has 0 saturated carbocycles. The molecule has 0 spiro atoms. The molecule has 27 heavy (non-hydrogen) atoms. The molecular formula is C18H20F2N2O4S. The lowest BCUT2D eigenvalue weighted by atomic mass is 10.3. The molecule has 0 aromatic heterocycles. The summed E-state index contributed by atoms with van der Waals surface area (Å²) in [7, 11) is -3.60. The molecule has 0 fully saturated rings. The molecule has 2 aromatic rings. The Kier molecular flexibility index (Phi) is 7.26. The average Bonchev–Trinajstić information content (AvgIpc) is 2.64. The summed E-state index contributed by atoms with van der Waals surface area (Å²) >= 11 is 0. The number of benzene rings is 2. The number of carbonyl (C=O) groups is 1. The van der Waals surface area contributed by atoms with Gasteiger partial charge < -0.3 is 10.1 Å². The Bertz CT molecular complexity index is 866. The lowest BCUT2D eigenvalue weighted by molar-refractivity contribution is -0.118. The number of ether oxygens (including phenoxy) is 1. The van der Waals surface area contributed by atoms with Crippen molar-refractivity contribution in [1.29, 1.82) is 0 Å². The standard InChI is InChI=1S/C18H20F2N2O4S/c1-2-3-11-21-27(24,25)14-9-7-13(8-10-14)26-12-17(23)22-18-15(19)5-4-6-16(18)20/h4-10,21H,2-3,11-12H2,1H3,(H,22,23). The number of rotatable bonds is 9. The Morgan fingerprint density at radius 2 is 1.70 bits per heavy atom. The predicted octanol–water partition coefficient (Wildman–Crippen LogP) is 3.06. The maximum Gasteiger partial charge on any atom is 0.262 e. The van der Waals surface area contributed by atoms with Gasteiger partial charge in [-0.05, 0) is 42.8 Å². The minimum Gasteiger partial charge on any atom is -0.484 e. The second-order valence-electron chi connectivity index (χ2n) is 5.66. The van der Waals surface area contributed by atoms with Gasteiger partial charge in [0.1, 0.15) is 23.1 Å². The van der Waals surface area contributed by atoms with E-state index in [1.165, 1.54) is 30.3 Å². The number of halogens is 2. The first-order chi connectivity index (χ1) is 12.8. The summed E-state index contributed by atoms with van der Waals surface area (Å²) in [5, 5.41) is 2.09. The molecule has 1 amide bonds. The Labute approximate surface area is 156 Å². The van der Waals surface area contributed by atoms with Crippen LogP contribution in [0.25, 0.3) is 0 Å². The summed E-state index contributed by atoms with van der Waals surface area (Å²) in [6.07, 6.45) is 1.60. The Morgan fingerprint density at radius 3 is 2.30 bits per heavy atom. The van der Waals surface area contributed by atoms with Crippen LogP contribution in [0.4, 0.5) is 14.5 Å². The van der Waals surface area contributed by atoms with Crippen LogP contribution < -0.4 is 14.8 Å². The van der Waals surface area contributed by atoms with Crippen molar-refractivity contribution in [3.63, 3.8) is 0 Å². The number of carbonyl (C=O) groups excluding carboxylic acids is 1. The first-order valence-corrected chi connectivity index (χ1v) is 9.78. The van der Waals surface area contributed by atoms with E-state index in [9.17, 15) is 22.0 Å². The number of sulfonamides is 1. The lowest BCUT2D eigenvalue weighted by Crippen LogP contribution is -2.24. The van der Waals surface area contributed by atoms with E-state index in [1.807, 2.05) is 6.92 Å². The highest BCUT2D eigenvalue weighted by molar-refractivity contribution is 7.89. The first kappa shape index (κ1) is 20.8. The van der Waals surface area contributed by atoms with Gasteiger partial charge >= 0.3 is 0 Å². The van der Waals surface area contributed by atoms with Crippen LogP contribution in [0, 0.1) is 11.6 Å². The summed E-state index contributed by atoms with van der Waals surface area (Å²) in [5.74, 6) is -2.30. The Balaban J connectivity index is 1.92. The van der Waals surface area contributed by atoms with Crippen LogP contribution in [0.5, 0.6) is 5.75 Å². The van der Waals surface area contributed by atoms with Gasteiger partial charge in [-0.3, -0.25) is 4.79 Å². The van der Waals surface area contributed by atoms with Crippen LogP contribution in [-0.4, -0.2) is 27.5 Å². The van der Waals surface area contributed by atoms with Crippen molar-refractivity contribution in [2.75, 3.05) is 18.5 Å². The van der Waals surface area contributed by atoms with Crippen molar-refractivity contribution in [3.05, 3.63) is 54.1 Å². The number of anilines is 1. The maximum atomic E-state index is 13.5. The molecule has 0 aliphatic heterocycles. The molecule has 0 radical (unpaired) electrons. The topological polar surface area (TPSA) is 84.5 Å². The van der Waals surface area contributed by atoms with Gasteiger partial charge in [0, 0.05) is 6.54 Å². The van der Waals surface area contributed by atoms with Gasteiger partial charge in [0.25, 0.3) is 5.91 Å². The fourth-order valence-electron chi connectivity index (χ4n) is 2.12. The Morgan fingerprint density at radius 1 is 1.07 bits per heavy atom. The van der Waals surface area contributed by atoms with Gasteiger partial charge in [-0.2, -0.15) is 0 Å². The van der Waals surface area contributed by atoms with E-state index in [0.29, 0.717) is 6.54 Å². The third-order valence-electron chi connectivity index (χ3n) is 3.55. The molecule has 0 heterocycles. The summed E-state index contributed by atoms with van der Waals surface area (Å²) < 4.78 is 58.8. The molecule has 0 aliphatic carbocycles. The minimum atomic E-state index is -3.60. The third kappa shape index (κ3) is 6.00. The highest BCUT2D eigenvalue weighted by Crippen LogP contribution is 2.19. The van der Waals surface area contributed by atoms with Crippen LogP contribution in [0.1, 0.15) is 19.8 Å². The Hall–Kier alpha value is -2.52. The average molecular weight is 398 g/mol. The fraction of sp³-hybridized carbons (Fsp3) is 0.278. The summed E-state index contributed by atoms with van der Waals surface area (Å²) in [4.78, 5) is 11.9. The van der Waals surface area contributed by atoms with Crippen LogP contribution in [0.15, 0.2) is 47.4 Å². The molecule has 2 rings (SSSR count). The van der Waals surface area contributed by atoms with Gasteiger partial charge in [0.05, 0.1) is 4.90 Å². The van der Waals surface area contributed by atoms with E-state index in [0.717, 1.165) is 25.0 Å². The number of hydrogen-bond donors (Lipinski definition) is 2. The highest BCUT2D eigenvalue weighted by Gasteiger charge is 2.14. The van der Waals surface area contributed by atoms with E-state index in [1.54, 1.807) is 0 Å². The number of nitrogens with one attached hydrogen (secondary N) is 2. The zero-order chi connectivity index (χ0) is 19.9. The molecule has 0 saturated heterocycles. The van der Waals surface area contributed by atoms with Crippen LogP contribution >= 0.6 is 0 Å². The molecular weight excluding hydrogens is 378 g/mol. The van der Waals surface area contributed by atoms with Crippen LogP contribution in [-0.2, 0) is 14.8 Å². The van der Waals surface area contributed by atoms with Gasteiger partial charge in [-0.25, -0.2) is 21.9 Å². The van der Waals surface area contributed by atoms with E-state index in [4.69, 9.17) is 4.74 Å². The first-order valence-electron chi connectivity index (χ1n) is 8.30. The molecule has 2 aromatic carbocycles. The smallest absolute Gasteiger partial charge is 0.262 e. The normalized spacial score (nSPS) is 11.2. The quantitative estimate of drug-likeness (QED) is 0.636. The molecule has 2 N–H and O–H groups in total. The predicted molar refractivity (Wildman–Crippen MR) is 97.0 cm³/mol. The van der Waals surface area contributed by atoms with E-state index < -0.39 is 39.9 Å². The van der Waals surface area contributed by atoms with Crippen molar-refractivity contribution in [2.24, 2.45) is 0 Å². The van der Waals surface area contributed by atoms with Crippen molar-refractivity contribution in [1.82, 2.24) is 4.72 Å². The maximum absolute atomic E-state index is 13.5. The fourth-order valence-corrected chi connectivity index (χ4v) is 3.20. The van der Waals surface area contributed by atoms with Gasteiger partial charge in [-0.15, -0.1) is 0 Å². The van der Waals surface area contributed by atoms with E-state index in [2.05, 4.69) is 10.0 Å². The van der Waals surface area contributed by atoms with Gasteiger partial charge in [-0.1, -0.05) is 19.4 Å². The number of unbranched alkanes of at least 4 members (excludes halogenated alkanes) is 1. The summed E-state index contributed by atoms with van der Waals surface area (Å²) in [6.45, 7) is 1.82. The zero-order valence-corrected chi connectivity index (χ0v) is 15.5. The number of amides is 1. The van der Waals surface area contributed by atoms with Gasteiger partial charge in [0.2, 0.25) is 10.0 Å². The summed E-state index contributed by atoms with van der Waals surface area (Å²) in [5.41, 5.74) is -0.550. The molecule has 6 nitrogen and oxygen atoms in total. The largest absolute Gasteiger partial charge is 0.484 e. The van der Waals surface area contributed by atoms with Crippen molar-refractivity contribution in [3.8, 4) is 5.75 Å². The molecule has 0 unspecified atom stereocenters. The molecule has 146 valence electrons.